The van der Waals surface area contributed by atoms with E-state index in [0.29, 0.717) is 28.6 Å². The molecule has 0 bridgehead atoms. The number of methoxy groups -OCH3 is 1. The monoisotopic (exact) mass is 430 g/mol. The maximum Gasteiger partial charge on any atom is 0.282 e. The molecular formula is C26H23FN2O3. The number of amides is 2. The molecule has 4 rings (SSSR count). The molecule has 162 valence electrons. The molecule has 6 heteroatoms. The second-order valence-electron chi connectivity index (χ2n) is 7.78. The minimum atomic E-state index is -0.508. The van der Waals surface area contributed by atoms with Crippen LogP contribution in [0.2, 0.25) is 0 Å². The zero-order valence-corrected chi connectivity index (χ0v) is 18.1. The summed E-state index contributed by atoms with van der Waals surface area (Å²) in [5.74, 6) is -0.672. The van der Waals surface area contributed by atoms with Gasteiger partial charge in [-0.1, -0.05) is 50.2 Å². The molecule has 1 N–H and O–H groups in total. The zero-order chi connectivity index (χ0) is 22.8. The highest BCUT2D eigenvalue weighted by atomic mass is 19.1. The summed E-state index contributed by atoms with van der Waals surface area (Å²) < 4.78 is 18.9. The molecule has 0 fully saturated rings. The summed E-state index contributed by atoms with van der Waals surface area (Å²) in [6.07, 6.45) is 0. The van der Waals surface area contributed by atoms with Crippen LogP contribution < -0.4 is 15.0 Å². The van der Waals surface area contributed by atoms with E-state index in [2.05, 4.69) is 19.2 Å². The summed E-state index contributed by atoms with van der Waals surface area (Å²) in [5.41, 5.74) is 2.93. The Morgan fingerprint density at radius 2 is 1.53 bits per heavy atom. The highest BCUT2D eigenvalue weighted by Crippen LogP contribution is 2.37. The lowest BCUT2D eigenvalue weighted by Gasteiger charge is -2.18. The number of halogens is 1. The molecule has 5 nitrogen and oxygen atoms in total. The molecule has 32 heavy (non-hydrogen) atoms. The van der Waals surface area contributed by atoms with Crippen LogP contribution in [0.1, 0.15) is 30.9 Å². The van der Waals surface area contributed by atoms with Crippen molar-refractivity contribution < 1.29 is 18.7 Å². The fourth-order valence-corrected chi connectivity index (χ4v) is 3.66. The Balaban J connectivity index is 1.80. The van der Waals surface area contributed by atoms with Gasteiger partial charge < -0.3 is 10.1 Å². The van der Waals surface area contributed by atoms with Gasteiger partial charge in [0.1, 0.15) is 17.3 Å². The first kappa shape index (κ1) is 21.3. The minimum Gasteiger partial charge on any atom is -0.495 e. The van der Waals surface area contributed by atoms with Crippen molar-refractivity contribution >= 4 is 28.8 Å². The Hall–Kier alpha value is -3.93. The normalized spacial score (nSPS) is 13.8. The molecule has 0 aromatic heterocycles. The molecule has 0 spiro atoms. The van der Waals surface area contributed by atoms with Gasteiger partial charge in [-0.15, -0.1) is 0 Å². The van der Waals surface area contributed by atoms with Crippen molar-refractivity contribution in [3.8, 4) is 5.75 Å². The summed E-state index contributed by atoms with van der Waals surface area (Å²) in [4.78, 5) is 28.0. The van der Waals surface area contributed by atoms with Gasteiger partial charge in [0.2, 0.25) is 0 Å². The van der Waals surface area contributed by atoms with E-state index in [1.165, 1.54) is 31.4 Å². The first-order chi connectivity index (χ1) is 15.4. The van der Waals surface area contributed by atoms with E-state index < -0.39 is 17.6 Å². The Morgan fingerprint density at radius 3 is 2.16 bits per heavy atom. The maximum absolute atomic E-state index is 13.5. The maximum atomic E-state index is 13.5. The number of ether oxygens (including phenoxy) is 1. The van der Waals surface area contributed by atoms with Crippen molar-refractivity contribution in [1.82, 2.24) is 0 Å². The minimum absolute atomic E-state index is 0.129. The largest absolute Gasteiger partial charge is 0.495 e. The Morgan fingerprint density at radius 1 is 0.875 bits per heavy atom. The van der Waals surface area contributed by atoms with E-state index >= 15 is 0 Å². The van der Waals surface area contributed by atoms with Crippen LogP contribution in [0.25, 0.3) is 5.57 Å². The van der Waals surface area contributed by atoms with Gasteiger partial charge in [-0.2, -0.15) is 0 Å². The molecule has 0 unspecified atom stereocenters. The number of benzene rings is 3. The molecule has 0 saturated carbocycles. The number of nitrogens with zero attached hydrogens (tertiary/aromatic N) is 1. The van der Waals surface area contributed by atoms with E-state index in [4.69, 9.17) is 4.74 Å². The standard InChI is InChI=1S/C26H23FN2O3/c1-16(2)17-10-14-20(15-11-17)28-24-23(18-8-12-19(27)13-9-18)25(30)29(26(24)31)21-6-4-5-7-22(21)32-3/h4-16,28H,1-3H3. The average molecular weight is 430 g/mol. The summed E-state index contributed by atoms with van der Waals surface area (Å²) in [6, 6.07) is 20.0. The number of hydrogen-bond acceptors (Lipinski definition) is 4. The number of para-hydroxylation sites is 2. The fourth-order valence-electron chi connectivity index (χ4n) is 3.66. The van der Waals surface area contributed by atoms with Crippen LogP contribution in [0.15, 0.2) is 78.5 Å². The highest BCUT2D eigenvalue weighted by molar-refractivity contribution is 6.46. The molecular weight excluding hydrogens is 407 g/mol. The lowest BCUT2D eigenvalue weighted by Crippen LogP contribution is -2.32. The van der Waals surface area contributed by atoms with Crippen LogP contribution in [0.5, 0.6) is 5.75 Å². The van der Waals surface area contributed by atoms with Crippen molar-refractivity contribution in [2.75, 3.05) is 17.3 Å². The van der Waals surface area contributed by atoms with E-state index in [-0.39, 0.29) is 11.3 Å². The van der Waals surface area contributed by atoms with Gasteiger partial charge in [0.15, 0.2) is 0 Å². The second-order valence-corrected chi connectivity index (χ2v) is 7.78. The summed E-state index contributed by atoms with van der Waals surface area (Å²) >= 11 is 0. The summed E-state index contributed by atoms with van der Waals surface area (Å²) in [6.45, 7) is 4.20. The van der Waals surface area contributed by atoms with Crippen LogP contribution in [-0.2, 0) is 9.59 Å². The van der Waals surface area contributed by atoms with Crippen molar-refractivity contribution in [2.24, 2.45) is 0 Å². The van der Waals surface area contributed by atoms with Crippen molar-refractivity contribution in [1.29, 1.82) is 0 Å². The number of anilines is 2. The van der Waals surface area contributed by atoms with Gasteiger partial charge in [0.05, 0.1) is 18.4 Å². The number of carbonyl (C=O) groups excluding carboxylic acids is 2. The average Bonchev–Trinajstić information content (AvgIpc) is 3.04. The lowest BCUT2D eigenvalue weighted by atomic mass is 10.0. The number of carbonyl (C=O) groups is 2. The number of hydrogen-bond donors (Lipinski definition) is 1. The number of imide groups is 1. The van der Waals surface area contributed by atoms with Crippen molar-refractivity contribution in [3.05, 3.63) is 95.4 Å². The van der Waals surface area contributed by atoms with Gasteiger partial charge in [-0.05, 0) is 53.4 Å². The predicted molar refractivity (Wildman–Crippen MR) is 123 cm³/mol. The van der Waals surface area contributed by atoms with Crippen molar-refractivity contribution in [3.63, 3.8) is 0 Å². The quantitative estimate of drug-likeness (QED) is 0.536. The molecule has 1 aliphatic rings. The third-order valence-corrected chi connectivity index (χ3v) is 5.39. The molecule has 0 saturated heterocycles. The first-order valence-corrected chi connectivity index (χ1v) is 10.3. The van der Waals surface area contributed by atoms with Crippen molar-refractivity contribution in [2.45, 2.75) is 19.8 Å². The molecule has 3 aromatic carbocycles. The van der Waals surface area contributed by atoms with Crippen LogP contribution in [0, 0.1) is 5.82 Å². The molecule has 0 aliphatic carbocycles. The van der Waals surface area contributed by atoms with Gasteiger partial charge in [0.25, 0.3) is 11.8 Å². The van der Waals surface area contributed by atoms with Crippen LogP contribution in [-0.4, -0.2) is 18.9 Å². The first-order valence-electron chi connectivity index (χ1n) is 10.3. The molecule has 0 radical (unpaired) electrons. The van der Waals surface area contributed by atoms with E-state index in [1.54, 1.807) is 24.3 Å². The Bertz CT molecular complexity index is 1200. The molecule has 0 atom stereocenters. The van der Waals surface area contributed by atoms with E-state index in [1.807, 2.05) is 24.3 Å². The third kappa shape index (κ3) is 3.87. The van der Waals surface area contributed by atoms with E-state index in [0.717, 1.165) is 10.5 Å². The topological polar surface area (TPSA) is 58.6 Å². The van der Waals surface area contributed by atoms with Gasteiger partial charge in [0, 0.05) is 5.69 Å². The Labute approximate surface area is 186 Å². The SMILES string of the molecule is COc1ccccc1N1C(=O)C(Nc2ccc(C(C)C)cc2)=C(c2ccc(F)cc2)C1=O. The van der Waals surface area contributed by atoms with E-state index in [9.17, 15) is 14.0 Å². The number of rotatable bonds is 6. The molecule has 1 heterocycles. The second kappa shape index (κ2) is 8.67. The molecule has 1 aliphatic heterocycles. The van der Waals surface area contributed by atoms with Gasteiger partial charge in [-0.3, -0.25) is 9.59 Å². The zero-order valence-electron chi connectivity index (χ0n) is 18.1. The number of nitrogens with one attached hydrogen (secondary N) is 1. The van der Waals surface area contributed by atoms with Gasteiger partial charge in [-0.25, -0.2) is 9.29 Å². The van der Waals surface area contributed by atoms with Gasteiger partial charge >= 0.3 is 0 Å². The van der Waals surface area contributed by atoms with Crippen LogP contribution in [0.3, 0.4) is 0 Å². The van der Waals surface area contributed by atoms with Crippen LogP contribution >= 0.6 is 0 Å². The van der Waals surface area contributed by atoms with Crippen LogP contribution in [0.4, 0.5) is 15.8 Å². The molecule has 2 amide bonds. The summed E-state index contributed by atoms with van der Waals surface area (Å²) in [5, 5.41) is 3.12. The highest BCUT2D eigenvalue weighted by Gasteiger charge is 2.41. The Kier molecular flexibility index (Phi) is 5.77. The summed E-state index contributed by atoms with van der Waals surface area (Å²) in [7, 11) is 1.48. The lowest BCUT2D eigenvalue weighted by molar-refractivity contribution is -0.120. The molecule has 3 aromatic rings. The fraction of sp³-hybridized carbons (Fsp3) is 0.154. The smallest absolute Gasteiger partial charge is 0.282 e. The predicted octanol–water partition coefficient (Wildman–Crippen LogP) is 5.35. The third-order valence-electron chi connectivity index (χ3n) is 5.39.